The van der Waals surface area contributed by atoms with E-state index in [9.17, 15) is 8.42 Å². The Hall–Kier alpha value is -0.910. The summed E-state index contributed by atoms with van der Waals surface area (Å²) in [5.41, 5.74) is 8.49. The highest BCUT2D eigenvalue weighted by Crippen LogP contribution is 2.15. The Morgan fingerprint density at radius 1 is 1.32 bits per heavy atom. The van der Waals surface area contributed by atoms with Crippen molar-refractivity contribution in [2.45, 2.75) is 19.4 Å². The molecule has 1 aromatic rings. The van der Waals surface area contributed by atoms with Crippen LogP contribution in [0.3, 0.4) is 0 Å². The monoisotopic (exact) mass is 284 g/mol. The molecule has 0 bridgehead atoms. The lowest BCUT2D eigenvalue weighted by Gasteiger charge is -2.19. The molecule has 0 aliphatic rings. The molecule has 1 atom stereocenters. The third kappa shape index (κ3) is 6.71. The van der Waals surface area contributed by atoms with Crippen molar-refractivity contribution in [1.82, 2.24) is 4.90 Å². The Kier molecular flexibility index (Phi) is 5.97. The lowest BCUT2D eigenvalue weighted by molar-refractivity contribution is 0.335. The van der Waals surface area contributed by atoms with Crippen molar-refractivity contribution < 1.29 is 8.42 Å². The fraction of sp³-hybridized carbons (Fsp3) is 0.571. The average molecular weight is 284 g/mol. The van der Waals surface area contributed by atoms with Crippen LogP contribution >= 0.6 is 0 Å². The molecule has 5 heteroatoms. The van der Waals surface area contributed by atoms with Crippen molar-refractivity contribution in [2.75, 3.05) is 32.1 Å². The van der Waals surface area contributed by atoms with E-state index >= 15 is 0 Å². The van der Waals surface area contributed by atoms with Gasteiger partial charge in [-0.2, -0.15) is 0 Å². The van der Waals surface area contributed by atoms with E-state index in [0.717, 1.165) is 18.5 Å². The number of sulfone groups is 1. The van der Waals surface area contributed by atoms with Gasteiger partial charge >= 0.3 is 0 Å². The number of rotatable bonds is 7. The average Bonchev–Trinajstić information content (AvgIpc) is 2.32. The molecule has 1 unspecified atom stereocenters. The first kappa shape index (κ1) is 16.1. The molecule has 0 spiro atoms. The van der Waals surface area contributed by atoms with Crippen molar-refractivity contribution in [3.8, 4) is 0 Å². The Morgan fingerprint density at radius 2 is 2.00 bits per heavy atom. The zero-order chi connectivity index (χ0) is 14.5. The van der Waals surface area contributed by atoms with E-state index in [1.54, 1.807) is 0 Å². The van der Waals surface area contributed by atoms with E-state index in [1.165, 1.54) is 11.8 Å². The Morgan fingerprint density at radius 3 is 2.58 bits per heavy atom. The lowest BCUT2D eigenvalue weighted by Crippen LogP contribution is -2.28. The molecule has 0 aliphatic heterocycles. The SMILES string of the molecule is Cc1cccc(C(N)CCN(C)CCS(C)(=O)=O)c1. The van der Waals surface area contributed by atoms with Crippen LogP contribution in [-0.4, -0.2) is 45.5 Å². The highest BCUT2D eigenvalue weighted by atomic mass is 32.2. The molecule has 0 heterocycles. The molecule has 0 fully saturated rings. The van der Waals surface area contributed by atoms with Crippen LogP contribution in [0.1, 0.15) is 23.6 Å². The van der Waals surface area contributed by atoms with Crippen LogP contribution < -0.4 is 5.73 Å². The summed E-state index contributed by atoms with van der Waals surface area (Å²) in [6.07, 6.45) is 2.09. The molecule has 2 N–H and O–H groups in total. The second-order valence-corrected chi connectivity index (χ2v) is 7.50. The van der Waals surface area contributed by atoms with E-state index in [0.29, 0.717) is 6.54 Å². The summed E-state index contributed by atoms with van der Waals surface area (Å²) in [6, 6.07) is 8.20. The molecule has 0 aliphatic carbocycles. The predicted molar refractivity (Wildman–Crippen MR) is 79.9 cm³/mol. The van der Waals surface area contributed by atoms with Crippen LogP contribution in [-0.2, 0) is 9.84 Å². The number of benzene rings is 1. The minimum Gasteiger partial charge on any atom is -0.324 e. The Balaban J connectivity index is 2.40. The molecule has 1 rings (SSSR count). The molecule has 0 radical (unpaired) electrons. The largest absolute Gasteiger partial charge is 0.324 e. The third-order valence-corrected chi connectivity index (χ3v) is 4.06. The Bertz CT molecular complexity index is 500. The van der Waals surface area contributed by atoms with Crippen LogP contribution in [0.15, 0.2) is 24.3 Å². The molecule has 0 saturated heterocycles. The molecule has 0 aromatic heterocycles. The fourth-order valence-electron chi connectivity index (χ4n) is 1.86. The van der Waals surface area contributed by atoms with E-state index in [1.807, 2.05) is 24.1 Å². The summed E-state index contributed by atoms with van der Waals surface area (Å²) in [5, 5.41) is 0. The molecule has 19 heavy (non-hydrogen) atoms. The second-order valence-electron chi connectivity index (χ2n) is 5.24. The molecule has 1 aromatic carbocycles. The zero-order valence-electron chi connectivity index (χ0n) is 12.0. The van der Waals surface area contributed by atoms with E-state index in [-0.39, 0.29) is 11.8 Å². The van der Waals surface area contributed by atoms with Crippen LogP contribution in [0.4, 0.5) is 0 Å². The highest BCUT2D eigenvalue weighted by Gasteiger charge is 2.09. The van der Waals surface area contributed by atoms with Crippen LogP contribution in [0, 0.1) is 6.92 Å². The smallest absolute Gasteiger partial charge is 0.148 e. The van der Waals surface area contributed by atoms with Crippen LogP contribution in [0.5, 0.6) is 0 Å². The minimum atomic E-state index is -2.89. The Labute approximate surface area is 116 Å². The van der Waals surface area contributed by atoms with Gasteiger partial charge in [0.1, 0.15) is 9.84 Å². The first-order valence-corrected chi connectivity index (χ1v) is 8.52. The van der Waals surface area contributed by atoms with Gasteiger partial charge in [-0.25, -0.2) is 8.42 Å². The van der Waals surface area contributed by atoms with Crippen molar-refractivity contribution in [3.05, 3.63) is 35.4 Å². The summed E-state index contributed by atoms with van der Waals surface area (Å²) < 4.78 is 22.2. The van der Waals surface area contributed by atoms with Crippen molar-refractivity contribution in [3.63, 3.8) is 0 Å². The minimum absolute atomic E-state index is 0.000540. The van der Waals surface area contributed by atoms with Crippen molar-refractivity contribution in [1.29, 1.82) is 0 Å². The highest BCUT2D eigenvalue weighted by molar-refractivity contribution is 7.90. The van der Waals surface area contributed by atoms with Gasteiger partial charge in [0.25, 0.3) is 0 Å². The molecule has 108 valence electrons. The van der Waals surface area contributed by atoms with Crippen LogP contribution in [0.25, 0.3) is 0 Å². The molecular formula is C14H24N2O2S. The maximum absolute atomic E-state index is 11.1. The molecular weight excluding hydrogens is 260 g/mol. The molecule has 0 amide bonds. The predicted octanol–water partition coefficient (Wildman–Crippen LogP) is 1.36. The van der Waals surface area contributed by atoms with Crippen molar-refractivity contribution >= 4 is 9.84 Å². The van der Waals surface area contributed by atoms with Gasteiger partial charge < -0.3 is 10.6 Å². The fourth-order valence-corrected chi connectivity index (χ4v) is 2.50. The first-order valence-electron chi connectivity index (χ1n) is 6.46. The normalized spacial score (nSPS) is 13.7. The van der Waals surface area contributed by atoms with E-state index in [4.69, 9.17) is 5.73 Å². The van der Waals surface area contributed by atoms with Gasteiger partial charge in [0.2, 0.25) is 0 Å². The summed E-state index contributed by atoms with van der Waals surface area (Å²) >= 11 is 0. The summed E-state index contributed by atoms with van der Waals surface area (Å²) in [6.45, 7) is 3.40. The maximum atomic E-state index is 11.1. The number of nitrogens with zero attached hydrogens (tertiary/aromatic N) is 1. The lowest BCUT2D eigenvalue weighted by atomic mass is 10.0. The van der Waals surface area contributed by atoms with Gasteiger partial charge in [-0.05, 0) is 32.5 Å². The van der Waals surface area contributed by atoms with E-state index in [2.05, 4.69) is 19.1 Å². The van der Waals surface area contributed by atoms with Gasteiger partial charge in [0.15, 0.2) is 0 Å². The number of hydrogen-bond donors (Lipinski definition) is 1. The van der Waals surface area contributed by atoms with Gasteiger partial charge in [-0.1, -0.05) is 29.8 Å². The van der Waals surface area contributed by atoms with Crippen LogP contribution in [0.2, 0.25) is 0 Å². The van der Waals surface area contributed by atoms with Gasteiger partial charge in [0, 0.05) is 18.8 Å². The topological polar surface area (TPSA) is 63.4 Å². The zero-order valence-corrected chi connectivity index (χ0v) is 12.8. The quantitative estimate of drug-likeness (QED) is 0.821. The third-order valence-electron chi connectivity index (χ3n) is 3.14. The van der Waals surface area contributed by atoms with Gasteiger partial charge in [-0.15, -0.1) is 0 Å². The first-order chi connectivity index (χ1) is 8.78. The number of nitrogens with two attached hydrogens (primary N) is 1. The number of aryl methyl sites for hydroxylation is 1. The van der Waals surface area contributed by atoms with Crippen molar-refractivity contribution in [2.24, 2.45) is 5.73 Å². The number of hydrogen-bond acceptors (Lipinski definition) is 4. The van der Waals surface area contributed by atoms with Gasteiger partial charge in [-0.3, -0.25) is 0 Å². The van der Waals surface area contributed by atoms with Gasteiger partial charge in [0.05, 0.1) is 5.75 Å². The maximum Gasteiger partial charge on any atom is 0.148 e. The summed E-state index contributed by atoms with van der Waals surface area (Å²) in [5.74, 6) is 0.198. The second kappa shape index (κ2) is 7.03. The standard InChI is InChI=1S/C14H24N2O2S/c1-12-5-4-6-13(11-12)14(15)7-8-16(2)9-10-19(3,17)18/h4-6,11,14H,7-10,15H2,1-3H3. The van der Waals surface area contributed by atoms with E-state index < -0.39 is 9.84 Å². The summed E-state index contributed by atoms with van der Waals surface area (Å²) in [7, 11) is -0.964. The summed E-state index contributed by atoms with van der Waals surface area (Å²) in [4.78, 5) is 2.01. The molecule has 0 saturated carbocycles. The molecule has 4 nitrogen and oxygen atoms in total.